The van der Waals surface area contributed by atoms with Gasteiger partial charge in [-0.05, 0) is 44.7 Å². The minimum Gasteiger partial charge on any atom is -0.482 e. The summed E-state index contributed by atoms with van der Waals surface area (Å²) in [6.45, 7) is 5.47. The Hall–Kier alpha value is -3.24. The summed E-state index contributed by atoms with van der Waals surface area (Å²) < 4.78 is 22.4. The molecule has 6 atom stereocenters. The number of aliphatic hydroxyl groups is 2. The molecule has 0 aromatic carbocycles. The van der Waals surface area contributed by atoms with Crippen LogP contribution in [-0.2, 0) is 19.1 Å². The number of hydrogen-bond donors (Lipinski definition) is 2. The van der Waals surface area contributed by atoms with Crippen LogP contribution in [-0.4, -0.2) is 51.0 Å². The second kappa shape index (κ2) is 9.09. The lowest BCUT2D eigenvalue weighted by atomic mass is 9.62. The number of aliphatic hydroxyl groups excluding tert-OH is 1. The predicted molar refractivity (Wildman–Crippen MR) is 121 cm³/mol. The average molecular weight is 488 g/mol. The van der Waals surface area contributed by atoms with Crippen molar-refractivity contribution in [1.29, 1.82) is 0 Å². The predicted octanol–water partition coefficient (Wildman–Crippen LogP) is 2.16. The maximum Gasteiger partial charge on any atom is 0.345 e. The van der Waals surface area contributed by atoms with Crippen molar-refractivity contribution in [3.8, 4) is 17.1 Å². The Labute approximate surface area is 201 Å². The molecule has 2 N–H and O–H groups in total. The van der Waals surface area contributed by atoms with Crippen molar-refractivity contribution in [2.75, 3.05) is 6.61 Å². The van der Waals surface area contributed by atoms with Crippen LogP contribution in [0.15, 0.2) is 39.8 Å². The highest BCUT2D eigenvalue weighted by molar-refractivity contribution is 5.66. The lowest BCUT2D eigenvalue weighted by molar-refractivity contribution is -0.208. The maximum absolute atomic E-state index is 12.9. The number of rotatable bonds is 5. The van der Waals surface area contributed by atoms with Crippen LogP contribution in [0.25, 0.3) is 11.3 Å². The van der Waals surface area contributed by atoms with E-state index < -0.39 is 52.8 Å². The molecule has 2 aliphatic rings. The van der Waals surface area contributed by atoms with Crippen LogP contribution < -0.4 is 10.4 Å². The van der Waals surface area contributed by atoms with E-state index in [1.54, 1.807) is 25.3 Å². The molecule has 188 valence electrons. The molecule has 1 aliphatic heterocycles. The van der Waals surface area contributed by atoms with Gasteiger partial charge in [0.05, 0.1) is 11.7 Å². The minimum absolute atomic E-state index is 0.0398. The zero-order valence-electron chi connectivity index (χ0n) is 20.0. The first-order valence-corrected chi connectivity index (χ1v) is 11.4. The largest absolute Gasteiger partial charge is 0.482 e. The summed E-state index contributed by atoms with van der Waals surface area (Å²) in [4.78, 5) is 40.3. The third-order valence-electron chi connectivity index (χ3n) is 7.07. The van der Waals surface area contributed by atoms with Gasteiger partial charge in [0.1, 0.15) is 35.4 Å². The van der Waals surface area contributed by atoms with Gasteiger partial charge in [0, 0.05) is 43.8 Å². The maximum atomic E-state index is 12.9. The second-order valence-electron chi connectivity index (χ2n) is 9.66. The van der Waals surface area contributed by atoms with Gasteiger partial charge in [-0.25, -0.2) is 4.79 Å². The molecule has 0 bridgehead atoms. The van der Waals surface area contributed by atoms with Gasteiger partial charge in [-0.3, -0.25) is 14.6 Å². The van der Waals surface area contributed by atoms with Crippen LogP contribution in [0.2, 0.25) is 0 Å². The number of hydrogen-bond acceptors (Lipinski definition) is 10. The molecule has 10 nitrogen and oxygen atoms in total. The van der Waals surface area contributed by atoms with E-state index in [1.807, 2.05) is 0 Å². The van der Waals surface area contributed by atoms with Gasteiger partial charge in [-0.2, -0.15) is 0 Å². The van der Waals surface area contributed by atoms with Crippen molar-refractivity contribution >= 4 is 11.9 Å². The number of carbonyl (C=O) groups is 2. The molecular formula is C25H29NO9. The fourth-order valence-corrected chi connectivity index (χ4v) is 5.11. The number of fused-ring (bicyclic) bond motifs is 2. The van der Waals surface area contributed by atoms with E-state index in [4.69, 9.17) is 18.6 Å². The van der Waals surface area contributed by atoms with Crippen LogP contribution in [0.4, 0.5) is 0 Å². The van der Waals surface area contributed by atoms with Crippen molar-refractivity contribution < 1.29 is 38.4 Å². The lowest BCUT2D eigenvalue weighted by Gasteiger charge is -2.54. The number of pyridine rings is 1. The Balaban J connectivity index is 1.75. The third kappa shape index (κ3) is 4.68. The van der Waals surface area contributed by atoms with Crippen molar-refractivity contribution in [2.45, 2.75) is 63.9 Å². The van der Waals surface area contributed by atoms with Crippen molar-refractivity contribution in [1.82, 2.24) is 4.98 Å². The highest BCUT2D eigenvalue weighted by Gasteiger charge is 2.59. The number of esters is 2. The number of nitrogens with zero attached hydrogens (tertiary/aromatic N) is 1. The van der Waals surface area contributed by atoms with Crippen LogP contribution in [0, 0.1) is 11.8 Å². The molecule has 0 amide bonds. The molecule has 0 radical (unpaired) electrons. The van der Waals surface area contributed by atoms with Gasteiger partial charge < -0.3 is 28.8 Å². The average Bonchev–Trinajstić information content (AvgIpc) is 2.78. The second-order valence-corrected chi connectivity index (χ2v) is 9.66. The summed E-state index contributed by atoms with van der Waals surface area (Å²) in [5.41, 5.74) is -2.91. The van der Waals surface area contributed by atoms with Gasteiger partial charge >= 0.3 is 17.6 Å². The standard InChI is InChI=1S/C25H29NO9/c1-13(27)32-12-24(3,31)16-8-17-22(29)21-19(35-25(17,4)20(9-16)33-14(2)28)10-18(34-23(21)30)15-6-5-7-26-11-15/h5-7,10-11,16-17,20,22,29,31H,8-9,12H2,1-4H3/t16-,17-,20-,22-,24+,25-/m1/s1. The van der Waals surface area contributed by atoms with E-state index in [9.17, 15) is 24.6 Å². The van der Waals surface area contributed by atoms with Crippen molar-refractivity contribution in [2.24, 2.45) is 11.8 Å². The lowest BCUT2D eigenvalue weighted by Crippen LogP contribution is -2.63. The molecule has 4 rings (SSSR count). The molecule has 0 spiro atoms. The Bertz CT molecular complexity index is 1180. The Morgan fingerprint density at radius 1 is 1.29 bits per heavy atom. The third-order valence-corrected chi connectivity index (χ3v) is 7.07. The van der Waals surface area contributed by atoms with Crippen LogP contribution in [0.5, 0.6) is 5.75 Å². The molecular weight excluding hydrogens is 458 g/mol. The SMILES string of the molecule is CC(=O)OC[C@](C)(O)[C@@H]1C[C@@H]2[C@@H](O)c3c(cc(-c4cccnc4)oc3=O)O[C@@]2(C)[C@H](OC(C)=O)C1. The molecule has 1 saturated carbocycles. The van der Waals surface area contributed by atoms with Crippen LogP contribution >= 0.6 is 0 Å². The van der Waals surface area contributed by atoms with Crippen LogP contribution in [0.1, 0.15) is 52.2 Å². The van der Waals surface area contributed by atoms with Crippen molar-refractivity contribution in [3.63, 3.8) is 0 Å². The fourth-order valence-electron chi connectivity index (χ4n) is 5.11. The van der Waals surface area contributed by atoms with E-state index >= 15 is 0 Å². The van der Waals surface area contributed by atoms with E-state index in [-0.39, 0.29) is 36.5 Å². The topological polar surface area (TPSA) is 145 Å². The Morgan fingerprint density at radius 2 is 2.03 bits per heavy atom. The molecule has 10 heteroatoms. The highest BCUT2D eigenvalue weighted by atomic mass is 16.6. The van der Waals surface area contributed by atoms with Gasteiger partial charge in [0.15, 0.2) is 0 Å². The highest BCUT2D eigenvalue weighted by Crippen LogP contribution is 2.53. The van der Waals surface area contributed by atoms with E-state index in [0.717, 1.165) is 0 Å². The minimum atomic E-state index is -1.47. The van der Waals surface area contributed by atoms with Gasteiger partial charge in [-0.15, -0.1) is 0 Å². The summed E-state index contributed by atoms with van der Waals surface area (Å²) in [5.74, 6) is -2.01. The monoisotopic (exact) mass is 487 g/mol. The zero-order valence-corrected chi connectivity index (χ0v) is 20.0. The summed E-state index contributed by atoms with van der Waals surface area (Å²) in [6.07, 6.45) is 1.36. The number of carbonyl (C=O) groups excluding carboxylic acids is 2. The number of aromatic nitrogens is 1. The molecule has 35 heavy (non-hydrogen) atoms. The van der Waals surface area contributed by atoms with Crippen molar-refractivity contribution in [3.05, 3.63) is 46.6 Å². The molecule has 2 aromatic rings. The van der Waals surface area contributed by atoms with Gasteiger partial charge in [-0.1, -0.05) is 0 Å². The first kappa shape index (κ1) is 24.9. The summed E-state index contributed by atoms with van der Waals surface area (Å²) in [5, 5.41) is 22.4. The van der Waals surface area contributed by atoms with E-state index in [2.05, 4.69) is 4.98 Å². The summed E-state index contributed by atoms with van der Waals surface area (Å²) in [7, 11) is 0. The smallest absolute Gasteiger partial charge is 0.345 e. The van der Waals surface area contributed by atoms with Crippen LogP contribution in [0.3, 0.4) is 0 Å². The first-order valence-electron chi connectivity index (χ1n) is 11.4. The Kier molecular flexibility index (Phi) is 6.46. The quantitative estimate of drug-likeness (QED) is 0.602. The molecule has 1 aliphatic carbocycles. The zero-order chi connectivity index (χ0) is 25.5. The van der Waals surface area contributed by atoms with Gasteiger partial charge in [0.2, 0.25) is 0 Å². The molecule has 1 fully saturated rings. The normalized spacial score (nSPS) is 29.1. The molecule has 0 unspecified atom stereocenters. The van der Waals surface area contributed by atoms with E-state index in [1.165, 1.54) is 33.0 Å². The summed E-state index contributed by atoms with van der Waals surface area (Å²) in [6, 6.07) is 4.94. The molecule has 0 saturated heterocycles. The summed E-state index contributed by atoms with van der Waals surface area (Å²) >= 11 is 0. The Morgan fingerprint density at radius 3 is 2.66 bits per heavy atom. The van der Waals surface area contributed by atoms with Gasteiger partial charge in [0.25, 0.3) is 0 Å². The first-order chi connectivity index (χ1) is 16.4. The molecule has 2 aromatic heterocycles. The molecule has 3 heterocycles. The van der Waals surface area contributed by atoms with E-state index in [0.29, 0.717) is 5.56 Å². The number of ether oxygens (including phenoxy) is 3. The fraction of sp³-hybridized carbons (Fsp3) is 0.520.